The molecule has 0 bridgehead atoms. The van der Waals surface area contributed by atoms with Crippen LogP contribution in [0.15, 0.2) is 27.8 Å². The maximum atomic E-state index is 6.21. The number of rotatable bonds is 6. The Bertz CT molecular complexity index is 451. The molecule has 1 atom stereocenters. The van der Waals surface area contributed by atoms with Crippen LogP contribution in [0.5, 0.6) is 0 Å². The average molecular weight is 434 g/mol. The zero-order chi connectivity index (χ0) is 15.9. The first kappa shape index (κ1) is 20.3. The molecule has 1 aromatic rings. The molecule has 0 saturated carbocycles. The Morgan fingerprint density at radius 3 is 2.57 bits per heavy atom. The van der Waals surface area contributed by atoms with E-state index >= 15 is 0 Å². The number of nitrogens with zero attached hydrogens (tertiary/aromatic N) is 3. The summed E-state index contributed by atoms with van der Waals surface area (Å²) in [5, 5.41) is 0. The van der Waals surface area contributed by atoms with Crippen molar-refractivity contribution in [1.29, 1.82) is 0 Å². The fourth-order valence-corrected chi connectivity index (χ4v) is 3.05. The molecule has 0 aliphatic carbocycles. The Labute approximate surface area is 157 Å². The third-order valence-electron chi connectivity index (χ3n) is 4.66. The molecule has 1 aromatic heterocycles. The summed E-state index contributed by atoms with van der Waals surface area (Å²) in [6.07, 6.45) is 4.13. The van der Waals surface area contributed by atoms with Gasteiger partial charge in [-0.05, 0) is 44.0 Å². The number of aliphatic imine (C=N–C) groups is 1. The van der Waals surface area contributed by atoms with Crippen molar-refractivity contribution in [3.8, 4) is 0 Å². The summed E-state index contributed by atoms with van der Waals surface area (Å²) in [5.41, 5.74) is 6.21. The van der Waals surface area contributed by atoms with Crippen molar-refractivity contribution < 1.29 is 4.42 Å². The van der Waals surface area contributed by atoms with Crippen LogP contribution in [0.4, 0.5) is 0 Å². The number of guanidine groups is 1. The SMILES string of the molecule is CCN(CC)C(CN=C(N)N1CCC(C)CC1)c1ccco1.I. The summed E-state index contributed by atoms with van der Waals surface area (Å²) < 4.78 is 5.61. The lowest BCUT2D eigenvalue weighted by Gasteiger charge is -2.32. The molecule has 2 heterocycles. The first-order chi connectivity index (χ1) is 10.7. The van der Waals surface area contributed by atoms with Gasteiger partial charge in [-0.1, -0.05) is 20.8 Å². The minimum Gasteiger partial charge on any atom is -0.468 e. The van der Waals surface area contributed by atoms with Gasteiger partial charge in [0.25, 0.3) is 0 Å². The number of hydrogen-bond donors (Lipinski definition) is 1. The molecular formula is C17H31IN4O. The molecule has 0 radical (unpaired) electrons. The summed E-state index contributed by atoms with van der Waals surface area (Å²) in [4.78, 5) is 9.23. The Morgan fingerprint density at radius 2 is 2.04 bits per heavy atom. The molecule has 2 N–H and O–H groups in total. The predicted molar refractivity (Wildman–Crippen MR) is 106 cm³/mol. The number of likely N-dealkylation sites (N-methyl/N-ethyl adjacent to an activating group) is 1. The van der Waals surface area contributed by atoms with E-state index in [9.17, 15) is 0 Å². The average Bonchev–Trinajstić information content (AvgIpc) is 3.06. The second-order valence-electron chi connectivity index (χ2n) is 6.12. The van der Waals surface area contributed by atoms with Gasteiger partial charge in [-0.25, -0.2) is 0 Å². The van der Waals surface area contributed by atoms with Crippen LogP contribution in [0.3, 0.4) is 0 Å². The zero-order valence-corrected chi connectivity index (χ0v) is 16.9. The molecule has 5 nitrogen and oxygen atoms in total. The first-order valence-electron chi connectivity index (χ1n) is 8.48. The molecule has 6 heteroatoms. The zero-order valence-electron chi connectivity index (χ0n) is 14.6. The lowest BCUT2D eigenvalue weighted by atomic mass is 10.00. The van der Waals surface area contributed by atoms with Crippen molar-refractivity contribution in [2.45, 2.75) is 39.7 Å². The van der Waals surface area contributed by atoms with Crippen LogP contribution >= 0.6 is 24.0 Å². The van der Waals surface area contributed by atoms with Crippen LogP contribution < -0.4 is 5.73 Å². The monoisotopic (exact) mass is 434 g/mol. The number of nitrogens with two attached hydrogens (primary N) is 1. The van der Waals surface area contributed by atoms with Gasteiger partial charge in [0.15, 0.2) is 5.96 Å². The van der Waals surface area contributed by atoms with Gasteiger partial charge in [0.1, 0.15) is 5.76 Å². The minimum atomic E-state index is 0. The Hall–Kier alpha value is -0.760. The molecule has 23 heavy (non-hydrogen) atoms. The fourth-order valence-electron chi connectivity index (χ4n) is 3.05. The van der Waals surface area contributed by atoms with Gasteiger partial charge in [0.2, 0.25) is 0 Å². The standard InChI is InChI=1S/C17H30N4O.HI/c1-4-20(5-2)15(16-7-6-12-22-16)13-19-17(18)21-10-8-14(3)9-11-21;/h6-7,12,14-15H,4-5,8-11,13H2,1-3H3,(H2,18,19);1H. The highest BCUT2D eigenvalue weighted by molar-refractivity contribution is 14.0. The van der Waals surface area contributed by atoms with Crippen molar-refractivity contribution in [3.05, 3.63) is 24.2 Å². The van der Waals surface area contributed by atoms with E-state index in [0.717, 1.165) is 37.9 Å². The Balaban J connectivity index is 0.00000264. The predicted octanol–water partition coefficient (Wildman–Crippen LogP) is 3.33. The highest BCUT2D eigenvalue weighted by Gasteiger charge is 2.22. The molecule has 1 aliphatic heterocycles. The second kappa shape index (κ2) is 10.2. The summed E-state index contributed by atoms with van der Waals surface area (Å²) in [7, 11) is 0. The molecule has 0 spiro atoms. The van der Waals surface area contributed by atoms with Crippen LogP contribution in [0, 0.1) is 5.92 Å². The van der Waals surface area contributed by atoms with Crippen LogP contribution in [0.25, 0.3) is 0 Å². The molecule has 0 amide bonds. The van der Waals surface area contributed by atoms with Gasteiger partial charge in [-0.2, -0.15) is 0 Å². The highest BCUT2D eigenvalue weighted by atomic mass is 127. The molecule has 1 aliphatic rings. The molecule has 1 saturated heterocycles. The molecule has 1 unspecified atom stereocenters. The molecular weight excluding hydrogens is 403 g/mol. The molecule has 0 aromatic carbocycles. The van der Waals surface area contributed by atoms with Gasteiger partial charge < -0.3 is 15.1 Å². The van der Waals surface area contributed by atoms with E-state index in [1.165, 1.54) is 12.8 Å². The van der Waals surface area contributed by atoms with Crippen molar-refractivity contribution in [2.75, 3.05) is 32.7 Å². The van der Waals surface area contributed by atoms with Crippen molar-refractivity contribution in [3.63, 3.8) is 0 Å². The van der Waals surface area contributed by atoms with E-state index < -0.39 is 0 Å². The normalized spacial score (nSPS) is 18.1. The lowest BCUT2D eigenvalue weighted by molar-refractivity contribution is 0.197. The third kappa shape index (κ3) is 5.67. The number of halogens is 1. The fraction of sp³-hybridized carbons (Fsp3) is 0.706. The first-order valence-corrected chi connectivity index (χ1v) is 8.48. The lowest BCUT2D eigenvalue weighted by Crippen LogP contribution is -2.43. The number of hydrogen-bond acceptors (Lipinski definition) is 3. The van der Waals surface area contributed by atoms with Crippen LogP contribution in [-0.2, 0) is 0 Å². The van der Waals surface area contributed by atoms with Gasteiger partial charge in [-0.3, -0.25) is 9.89 Å². The summed E-state index contributed by atoms with van der Waals surface area (Å²) in [5.74, 6) is 2.44. The summed E-state index contributed by atoms with van der Waals surface area (Å²) in [6, 6.07) is 4.12. The van der Waals surface area contributed by atoms with E-state index in [0.29, 0.717) is 12.5 Å². The second-order valence-corrected chi connectivity index (χ2v) is 6.12. The maximum absolute atomic E-state index is 6.21. The van der Waals surface area contributed by atoms with Gasteiger partial charge in [-0.15, -0.1) is 24.0 Å². The van der Waals surface area contributed by atoms with Crippen molar-refractivity contribution >= 4 is 29.9 Å². The van der Waals surface area contributed by atoms with Gasteiger partial charge in [0.05, 0.1) is 18.8 Å². The van der Waals surface area contributed by atoms with Crippen molar-refractivity contribution in [2.24, 2.45) is 16.6 Å². The van der Waals surface area contributed by atoms with Gasteiger partial charge >= 0.3 is 0 Å². The van der Waals surface area contributed by atoms with Crippen LogP contribution in [0.2, 0.25) is 0 Å². The minimum absolute atomic E-state index is 0. The topological polar surface area (TPSA) is 58.0 Å². The third-order valence-corrected chi connectivity index (χ3v) is 4.66. The van der Waals surface area contributed by atoms with E-state index in [-0.39, 0.29) is 30.0 Å². The van der Waals surface area contributed by atoms with Crippen LogP contribution in [-0.4, -0.2) is 48.5 Å². The number of likely N-dealkylation sites (tertiary alicyclic amines) is 1. The highest BCUT2D eigenvalue weighted by Crippen LogP contribution is 2.22. The van der Waals surface area contributed by atoms with Crippen molar-refractivity contribution in [1.82, 2.24) is 9.80 Å². The Kier molecular flexibility index (Phi) is 8.98. The number of piperidine rings is 1. The number of furan rings is 1. The van der Waals surface area contributed by atoms with E-state index in [2.05, 4.69) is 35.6 Å². The summed E-state index contributed by atoms with van der Waals surface area (Å²) in [6.45, 7) is 11.3. The van der Waals surface area contributed by atoms with E-state index in [4.69, 9.17) is 10.2 Å². The maximum Gasteiger partial charge on any atom is 0.191 e. The molecule has 2 rings (SSSR count). The van der Waals surface area contributed by atoms with Gasteiger partial charge in [0, 0.05) is 13.1 Å². The molecule has 132 valence electrons. The van der Waals surface area contributed by atoms with E-state index in [1.54, 1.807) is 6.26 Å². The largest absolute Gasteiger partial charge is 0.468 e. The smallest absolute Gasteiger partial charge is 0.191 e. The Morgan fingerprint density at radius 1 is 1.39 bits per heavy atom. The summed E-state index contributed by atoms with van der Waals surface area (Å²) >= 11 is 0. The van der Waals surface area contributed by atoms with E-state index in [1.807, 2.05) is 12.1 Å². The van der Waals surface area contributed by atoms with Crippen LogP contribution in [0.1, 0.15) is 45.4 Å². The molecule has 1 fully saturated rings. The quantitative estimate of drug-likeness (QED) is 0.424.